The second-order valence-electron chi connectivity index (χ2n) is 6.13. The number of carbonyl (C=O) groups is 2. The summed E-state index contributed by atoms with van der Waals surface area (Å²) in [6.07, 6.45) is -1.71. The van der Waals surface area contributed by atoms with E-state index in [1.165, 1.54) is 12.1 Å². The predicted molar refractivity (Wildman–Crippen MR) is 86.7 cm³/mol. The lowest BCUT2D eigenvalue weighted by atomic mass is 10.1. The topological polar surface area (TPSA) is 61.4 Å². The Morgan fingerprint density at radius 3 is 2.36 bits per heavy atom. The number of hydrogen-bond donors (Lipinski definition) is 2. The fourth-order valence-corrected chi connectivity index (χ4v) is 2.42. The molecular formula is C17H22F3N3O2. The highest BCUT2D eigenvalue weighted by molar-refractivity contribution is 5.95. The first-order valence-electron chi connectivity index (χ1n) is 8.27. The summed E-state index contributed by atoms with van der Waals surface area (Å²) in [6.45, 7) is 2.79. The number of halogens is 3. The first kappa shape index (κ1) is 19.2. The molecule has 1 aromatic carbocycles. The highest BCUT2D eigenvalue weighted by Crippen LogP contribution is 2.31. The summed E-state index contributed by atoms with van der Waals surface area (Å²) < 4.78 is 37.8. The molecule has 2 rings (SSSR count). The molecule has 0 bridgehead atoms. The summed E-state index contributed by atoms with van der Waals surface area (Å²) in [4.78, 5) is 25.4. The maximum atomic E-state index is 12.6. The largest absolute Gasteiger partial charge is 0.416 e. The van der Waals surface area contributed by atoms with Gasteiger partial charge < -0.3 is 5.32 Å². The van der Waals surface area contributed by atoms with Crippen molar-refractivity contribution in [3.63, 3.8) is 0 Å². The van der Waals surface area contributed by atoms with Gasteiger partial charge in [0.2, 0.25) is 5.91 Å². The molecule has 1 aromatic rings. The third-order valence-corrected chi connectivity index (χ3v) is 3.87. The summed E-state index contributed by atoms with van der Waals surface area (Å²) in [5.41, 5.74) is 0.00250. The van der Waals surface area contributed by atoms with Crippen LogP contribution in [0.25, 0.3) is 0 Å². The fourth-order valence-electron chi connectivity index (χ4n) is 2.42. The van der Waals surface area contributed by atoms with Crippen molar-refractivity contribution in [3.05, 3.63) is 35.4 Å². The van der Waals surface area contributed by atoms with Gasteiger partial charge in [-0.3, -0.25) is 15.0 Å². The molecule has 1 aliphatic rings. The Bertz CT molecular complexity index is 598. The highest BCUT2D eigenvalue weighted by atomic mass is 19.4. The summed E-state index contributed by atoms with van der Waals surface area (Å²) in [5, 5.41) is 4.82. The van der Waals surface area contributed by atoms with E-state index >= 15 is 0 Å². The van der Waals surface area contributed by atoms with E-state index in [1.54, 1.807) is 0 Å². The monoisotopic (exact) mass is 357 g/mol. The zero-order valence-corrected chi connectivity index (χ0v) is 14.0. The zero-order valence-electron chi connectivity index (χ0n) is 14.0. The number of urea groups is 1. The molecular weight excluding hydrogens is 335 g/mol. The SMILES string of the molecule is CCCNC(=O)NC(=O)CN(Cc1ccc(C(F)(F)F)cc1)C1CC1. The lowest BCUT2D eigenvalue weighted by Crippen LogP contribution is -2.45. The van der Waals surface area contributed by atoms with Gasteiger partial charge in [-0.25, -0.2) is 4.79 Å². The first-order valence-corrected chi connectivity index (χ1v) is 8.27. The average Bonchev–Trinajstić information content (AvgIpc) is 3.36. The van der Waals surface area contributed by atoms with Crippen molar-refractivity contribution in [2.75, 3.05) is 13.1 Å². The van der Waals surface area contributed by atoms with Gasteiger partial charge in [0.05, 0.1) is 12.1 Å². The van der Waals surface area contributed by atoms with Gasteiger partial charge >= 0.3 is 12.2 Å². The lowest BCUT2D eigenvalue weighted by molar-refractivity contribution is -0.137. The number of benzene rings is 1. The molecule has 8 heteroatoms. The van der Waals surface area contributed by atoms with E-state index in [0.717, 1.165) is 31.4 Å². The number of nitrogens with one attached hydrogen (secondary N) is 2. The van der Waals surface area contributed by atoms with Gasteiger partial charge in [0.1, 0.15) is 0 Å². The van der Waals surface area contributed by atoms with Crippen LogP contribution in [0.5, 0.6) is 0 Å². The third kappa shape index (κ3) is 6.38. The van der Waals surface area contributed by atoms with E-state index in [9.17, 15) is 22.8 Å². The van der Waals surface area contributed by atoms with Gasteiger partial charge in [-0.2, -0.15) is 13.2 Å². The Balaban J connectivity index is 1.90. The smallest absolute Gasteiger partial charge is 0.338 e. The zero-order chi connectivity index (χ0) is 18.4. The second-order valence-corrected chi connectivity index (χ2v) is 6.13. The van der Waals surface area contributed by atoms with E-state index in [2.05, 4.69) is 10.6 Å². The molecule has 138 valence electrons. The van der Waals surface area contributed by atoms with Gasteiger partial charge in [0, 0.05) is 19.1 Å². The van der Waals surface area contributed by atoms with Crippen LogP contribution in [-0.2, 0) is 17.5 Å². The van der Waals surface area contributed by atoms with Crippen LogP contribution in [0.3, 0.4) is 0 Å². The van der Waals surface area contributed by atoms with Crippen LogP contribution < -0.4 is 10.6 Å². The summed E-state index contributed by atoms with van der Waals surface area (Å²) in [6, 6.07) is 4.62. The van der Waals surface area contributed by atoms with E-state index in [0.29, 0.717) is 18.7 Å². The second kappa shape index (κ2) is 8.33. The van der Waals surface area contributed by atoms with Crippen molar-refractivity contribution < 1.29 is 22.8 Å². The van der Waals surface area contributed by atoms with Crippen LogP contribution in [0.2, 0.25) is 0 Å². The van der Waals surface area contributed by atoms with Crippen molar-refractivity contribution in [3.8, 4) is 0 Å². The highest BCUT2D eigenvalue weighted by Gasteiger charge is 2.32. The molecule has 1 fully saturated rings. The summed E-state index contributed by atoms with van der Waals surface area (Å²) >= 11 is 0. The summed E-state index contributed by atoms with van der Waals surface area (Å²) in [5.74, 6) is -0.424. The molecule has 1 saturated carbocycles. The van der Waals surface area contributed by atoms with Crippen molar-refractivity contribution in [1.29, 1.82) is 0 Å². The third-order valence-electron chi connectivity index (χ3n) is 3.87. The number of carbonyl (C=O) groups excluding carboxylic acids is 2. The van der Waals surface area contributed by atoms with Crippen LogP contribution >= 0.6 is 0 Å². The molecule has 0 atom stereocenters. The van der Waals surface area contributed by atoms with Crippen molar-refractivity contribution in [2.24, 2.45) is 0 Å². The van der Waals surface area contributed by atoms with E-state index in [1.807, 2.05) is 11.8 Å². The predicted octanol–water partition coefficient (Wildman–Crippen LogP) is 2.91. The first-order chi connectivity index (χ1) is 11.8. The molecule has 0 saturated heterocycles. The molecule has 0 aromatic heterocycles. The Labute approximate surface area is 144 Å². The standard InChI is InChI=1S/C17H22F3N3O2/c1-2-9-21-16(25)22-15(24)11-23(14-7-8-14)10-12-3-5-13(6-4-12)17(18,19)20/h3-6,14H,2,7-11H2,1H3,(H2,21,22,24,25). The molecule has 0 spiro atoms. The minimum atomic E-state index is -4.36. The van der Waals surface area contributed by atoms with Gasteiger partial charge in [-0.1, -0.05) is 19.1 Å². The van der Waals surface area contributed by atoms with Crippen molar-refractivity contribution in [1.82, 2.24) is 15.5 Å². The average molecular weight is 357 g/mol. The Morgan fingerprint density at radius 1 is 1.20 bits per heavy atom. The van der Waals surface area contributed by atoms with Crippen LogP contribution in [0.15, 0.2) is 24.3 Å². The van der Waals surface area contributed by atoms with Crippen molar-refractivity contribution in [2.45, 2.75) is 44.9 Å². The van der Waals surface area contributed by atoms with Crippen LogP contribution in [-0.4, -0.2) is 36.0 Å². The van der Waals surface area contributed by atoms with Crippen LogP contribution in [0.1, 0.15) is 37.3 Å². The molecule has 3 amide bonds. The number of imide groups is 1. The van der Waals surface area contributed by atoms with Gasteiger partial charge in [0.25, 0.3) is 0 Å². The maximum absolute atomic E-state index is 12.6. The number of amides is 3. The van der Waals surface area contributed by atoms with Gasteiger partial charge in [-0.15, -0.1) is 0 Å². The fraction of sp³-hybridized carbons (Fsp3) is 0.529. The van der Waals surface area contributed by atoms with E-state index in [4.69, 9.17) is 0 Å². The molecule has 0 unspecified atom stereocenters. The lowest BCUT2D eigenvalue weighted by Gasteiger charge is -2.21. The molecule has 2 N–H and O–H groups in total. The molecule has 1 aliphatic carbocycles. The number of nitrogens with zero attached hydrogens (tertiary/aromatic N) is 1. The minimum Gasteiger partial charge on any atom is -0.338 e. The normalized spacial score (nSPS) is 14.4. The Morgan fingerprint density at radius 2 is 1.84 bits per heavy atom. The number of rotatable bonds is 7. The molecule has 0 heterocycles. The molecule has 0 aliphatic heterocycles. The maximum Gasteiger partial charge on any atom is 0.416 e. The Hall–Kier alpha value is -2.09. The molecule has 0 radical (unpaired) electrons. The van der Waals surface area contributed by atoms with E-state index < -0.39 is 23.7 Å². The molecule has 5 nitrogen and oxygen atoms in total. The van der Waals surface area contributed by atoms with Crippen molar-refractivity contribution >= 4 is 11.9 Å². The van der Waals surface area contributed by atoms with Crippen LogP contribution in [0.4, 0.5) is 18.0 Å². The minimum absolute atomic E-state index is 0.0330. The molecule has 25 heavy (non-hydrogen) atoms. The van der Waals surface area contributed by atoms with Gasteiger partial charge in [0.15, 0.2) is 0 Å². The summed E-state index contributed by atoms with van der Waals surface area (Å²) in [7, 11) is 0. The number of hydrogen-bond acceptors (Lipinski definition) is 3. The quantitative estimate of drug-likeness (QED) is 0.789. The number of alkyl halides is 3. The van der Waals surface area contributed by atoms with Crippen LogP contribution in [0, 0.1) is 0 Å². The van der Waals surface area contributed by atoms with Gasteiger partial charge in [-0.05, 0) is 37.0 Å². The van der Waals surface area contributed by atoms with E-state index in [-0.39, 0.29) is 12.6 Å². The Kier molecular flexibility index (Phi) is 6.41.